The topological polar surface area (TPSA) is 46.5 Å². The van der Waals surface area contributed by atoms with E-state index in [2.05, 4.69) is 24.3 Å². The van der Waals surface area contributed by atoms with Crippen molar-refractivity contribution in [2.75, 3.05) is 5.88 Å². The maximum absolute atomic E-state index is 11.3. The Balaban J connectivity index is 2.08. The minimum absolute atomic E-state index is 0.403. The molecule has 0 saturated carbocycles. The van der Waals surface area contributed by atoms with Crippen molar-refractivity contribution in [2.45, 2.75) is 25.9 Å². The van der Waals surface area contributed by atoms with E-state index in [1.165, 1.54) is 5.57 Å². The number of alkyl halides is 1. The second kappa shape index (κ2) is 10.7. The average molecular weight is 421 g/mol. The van der Waals surface area contributed by atoms with Crippen LogP contribution in [0.1, 0.15) is 36.5 Å². The Morgan fingerprint density at radius 2 is 1.40 bits per heavy atom. The van der Waals surface area contributed by atoms with Crippen LogP contribution in [0.4, 0.5) is 0 Å². The molecule has 0 heterocycles. The van der Waals surface area contributed by atoms with Crippen molar-refractivity contribution in [3.8, 4) is 5.75 Å². The molecule has 1 atom stereocenters. The molecular weight excluding hydrogens is 396 g/mol. The number of benzene rings is 3. The summed E-state index contributed by atoms with van der Waals surface area (Å²) in [6.07, 6.45) is 0.279. The summed E-state index contributed by atoms with van der Waals surface area (Å²) in [7, 11) is 0. The Morgan fingerprint density at radius 3 is 1.90 bits per heavy atom. The highest BCUT2D eigenvalue weighted by molar-refractivity contribution is 6.18. The first-order valence-corrected chi connectivity index (χ1v) is 10.6. The van der Waals surface area contributed by atoms with Gasteiger partial charge in [0.15, 0.2) is 6.10 Å². The Labute approximate surface area is 182 Å². The van der Waals surface area contributed by atoms with Crippen LogP contribution in [0.25, 0.3) is 11.1 Å². The Hall–Kier alpha value is -3.04. The van der Waals surface area contributed by atoms with Gasteiger partial charge >= 0.3 is 5.97 Å². The predicted octanol–water partition coefficient (Wildman–Crippen LogP) is 6.52. The summed E-state index contributed by atoms with van der Waals surface area (Å²) in [5.74, 6) is 0.0948. The standard InChI is InChI=1S/C26H25ClO3/c1-2-24(26(28)29)30-22-15-13-21(14-16-22)25(20-11-7-4-8-12-20)23(17-18-27)19-9-5-3-6-10-19/h3-16,24H,2,17-18H2,1H3,(H,28,29)/b25-23-. The van der Waals surface area contributed by atoms with Crippen LogP contribution in [0.3, 0.4) is 0 Å². The highest BCUT2D eigenvalue weighted by Crippen LogP contribution is 2.35. The number of rotatable bonds is 9. The third-order valence-electron chi connectivity index (χ3n) is 4.90. The molecule has 0 saturated heterocycles. The molecule has 3 aromatic carbocycles. The minimum atomic E-state index is -0.958. The zero-order valence-electron chi connectivity index (χ0n) is 16.9. The van der Waals surface area contributed by atoms with Gasteiger partial charge in [0.25, 0.3) is 0 Å². The van der Waals surface area contributed by atoms with E-state index in [0.29, 0.717) is 18.1 Å². The van der Waals surface area contributed by atoms with Crippen molar-refractivity contribution < 1.29 is 14.6 Å². The molecular formula is C26H25ClO3. The quantitative estimate of drug-likeness (QED) is 0.316. The van der Waals surface area contributed by atoms with Gasteiger partial charge in [0.05, 0.1) is 0 Å². The van der Waals surface area contributed by atoms with Gasteiger partial charge in [-0.15, -0.1) is 11.6 Å². The van der Waals surface area contributed by atoms with Gasteiger partial charge in [0.1, 0.15) is 5.75 Å². The fourth-order valence-corrected chi connectivity index (χ4v) is 3.63. The van der Waals surface area contributed by atoms with Crippen LogP contribution in [0.5, 0.6) is 5.75 Å². The van der Waals surface area contributed by atoms with Gasteiger partial charge in [-0.05, 0) is 52.8 Å². The third kappa shape index (κ3) is 5.31. The fourth-order valence-electron chi connectivity index (χ4n) is 3.44. The Kier molecular flexibility index (Phi) is 7.69. The number of halogens is 1. The molecule has 0 aromatic heterocycles. The number of aliphatic carboxylic acids is 1. The monoisotopic (exact) mass is 420 g/mol. The summed E-state index contributed by atoms with van der Waals surface area (Å²) < 4.78 is 5.62. The summed E-state index contributed by atoms with van der Waals surface area (Å²) >= 11 is 6.18. The highest BCUT2D eigenvalue weighted by atomic mass is 35.5. The molecule has 0 aliphatic heterocycles. The zero-order valence-corrected chi connectivity index (χ0v) is 17.7. The molecule has 1 N–H and O–H groups in total. The maximum Gasteiger partial charge on any atom is 0.344 e. The molecule has 3 aromatic rings. The Bertz CT molecular complexity index is 980. The van der Waals surface area contributed by atoms with Gasteiger partial charge in [0.2, 0.25) is 0 Å². The van der Waals surface area contributed by atoms with E-state index in [1.807, 2.05) is 60.7 Å². The van der Waals surface area contributed by atoms with E-state index in [1.54, 1.807) is 6.92 Å². The number of carboxylic acids is 1. The van der Waals surface area contributed by atoms with Crippen molar-refractivity contribution >= 4 is 28.7 Å². The largest absolute Gasteiger partial charge is 0.479 e. The number of hydrogen-bond donors (Lipinski definition) is 1. The van der Waals surface area contributed by atoms with E-state index >= 15 is 0 Å². The summed E-state index contributed by atoms with van der Waals surface area (Å²) in [5.41, 5.74) is 5.55. The average Bonchev–Trinajstić information content (AvgIpc) is 2.79. The first-order valence-electron chi connectivity index (χ1n) is 10.0. The number of carbonyl (C=O) groups is 1. The lowest BCUT2D eigenvalue weighted by molar-refractivity contribution is -0.145. The molecule has 0 spiro atoms. The summed E-state index contributed by atoms with van der Waals surface area (Å²) in [6.45, 7) is 1.79. The lowest BCUT2D eigenvalue weighted by Crippen LogP contribution is -2.25. The van der Waals surface area contributed by atoms with E-state index in [9.17, 15) is 9.90 Å². The minimum Gasteiger partial charge on any atom is -0.479 e. The van der Waals surface area contributed by atoms with Crippen LogP contribution < -0.4 is 4.74 Å². The molecule has 0 radical (unpaired) electrons. The first-order chi connectivity index (χ1) is 14.6. The van der Waals surface area contributed by atoms with E-state index in [0.717, 1.165) is 28.7 Å². The molecule has 30 heavy (non-hydrogen) atoms. The van der Waals surface area contributed by atoms with Crippen molar-refractivity contribution in [3.63, 3.8) is 0 Å². The van der Waals surface area contributed by atoms with Crippen LogP contribution >= 0.6 is 11.6 Å². The molecule has 0 bridgehead atoms. The van der Waals surface area contributed by atoms with Crippen LogP contribution in [0, 0.1) is 0 Å². The van der Waals surface area contributed by atoms with Gasteiger partial charge in [-0.25, -0.2) is 4.79 Å². The number of allylic oxidation sites excluding steroid dienone is 1. The van der Waals surface area contributed by atoms with E-state index in [-0.39, 0.29) is 0 Å². The highest BCUT2D eigenvalue weighted by Gasteiger charge is 2.18. The molecule has 0 aliphatic rings. The lowest BCUT2D eigenvalue weighted by Gasteiger charge is -2.18. The van der Waals surface area contributed by atoms with E-state index < -0.39 is 12.1 Å². The van der Waals surface area contributed by atoms with Crippen LogP contribution in [-0.2, 0) is 4.79 Å². The molecule has 154 valence electrons. The van der Waals surface area contributed by atoms with Crippen LogP contribution in [-0.4, -0.2) is 23.1 Å². The SMILES string of the molecule is CCC(Oc1ccc(/C(=C(/CCCl)c2ccccc2)c2ccccc2)cc1)C(=O)O. The number of carboxylic acid groups (broad SMARTS) is 1. The van der Waals surface area contributed by atoms with Crippen molar-refractivity contribution in [2.24, 2.45) is 0 Å². The van der Waals surface area contributed by atoms with Crippen LogP contribution in [0.2, 0.25) is 0 Å². The van der Waals surface area contributed by atoms with Gasteiger partial charge in [-0.1, -0.05) is 79.7 Å². The van der Waals surface area contributed by atoms with E-state index in [4.69, 9.17) is 16.3 Å². The molecule has 3 nitrogen and oxygen atoms in total. The van der Waals surface area contributed by atoms with Gasteiger partial charge < -0.3 is 9.84 Å². The molecule has 0 amide bonds. The lowest BCUT2D eigenvalue weighted by atomic mass is 9.88. The zero-order chi connectivity index (χ0) is 21.3. The number of ether oxygens (including phenoxy) is 1. The summed E-state index contributed by atoms with van der Waals surface area (Å²) in [5, 5.41) is 9.24. The molecule has 0 aliphatic carbocycles. The molecule has 1 unspecified atom stereocenters. The van der Waals surface area contributed by atoms with Gasteiger partial charge in [0, 0.05) is 5.88 Å². The summed E-state index contributed by atoms with van der Waals surface area (Å²) in [4.78, 5) is 11.3. The van der Waals surface area contributed by atoms with Gasteiger partial charge in [-0.3, -0.25) is 0 Å². The normalized spacial score (nSPS) is 12.7. The number of hydrogen-bond acceptors (Lipinski definition) is 2. The fraction of sp³-hybridized carbons (Fsp3) is 0.192. The summed E-state index contributed by atoms with van der Waals surface area (Å²) in [6, 6.07) is 28.1. The second-order valence-electron chi connectivity index (χ2n) is 6.90. The molecule has 4 heteroatoms. The van der Waals surface area contributed by atoms with Crippen molar-refractivity contribution in [3.05, 3.63) is 102 Å². The first kappa shape index (κ1) is 21.7. The Morgan fingerprint density at radius 1 is 0.867 bits per heavy atom. The maximum atomic E-state index is 11.3. The third-order valence-corrected chi connectivity index (χ3v) is 5.09. The predicted molar refractivity (Wildman–Crippen MR) is 123 cm³/mol. The van der Waals surface area contributed by atoms with Gasteiger partial charge in [-0.2, -0.15) is 0 Å². The smallest absolute Gasteiger partial charge is 0.344 e. The molecule has 0 fully saturated rings. The van der Waals surface area contributed by atoms with Crippen LogP contribution in [0.15, 0.2) is 84.9 Å². The van der Waals surface area contributed by atoms with Crippen molar-refractivity contribution in [1.29, 1.82) is 0 Å². The second-order valence-corrected chi connectivity index (χ2v) is 7.28. The van der Waals surface area contributed by atoms with Crippen molar-refractivity contribution in [1.82, 2.24) is 0 Å². The molecule has 3 rings (SSSR count).